The lowest BCUT2D eigenvalue weighted by Crippen LogP contribution is -2.21. The predicted octanol–water partition coefficient (Wildman–Crippen LogP) is 4.40. The molecule has 2 heterocycles. The van der Waals surface area contributed by atoms with Crippen LogP contribution in [0.4, 0.5) is 6.01 Å². The molecule has 1 aromatic heterocycles. The van der Waals surface area contributed by atoms with Crippen molar-refractivity contribution in [2.24, 2.45) is 0 Å². The van der Waals surface area contributed by atoms with E-state index in [1.807, 2.05) is 18.2 Å². The Kier molecular flexibility index (Phi) is 6.12. The number of carbonyl (C=O) groups is 1. The van der Waals surface area contributed by atoms with E-state index in [2.05, 4.69) is 22.4 Å². The Morgan fingerprint density at radius 3 is 2.70 bits per heavy atom. The maximum absolute atomic E-state index is 12.4. The summed E-state index contributed by atoms with van der Waals surface area (Å²) in [7, 11) is 0. The minimum absolute atomic E-state index is 0.00245. The van der Waals surface area contributed by atoms with Crippen molar-refractivity contribution in [2.75, 3.05) is 18.5 Å². The zero-order chi connectivity index (χ0) is 20.8. The third-order valence-electron chi connectivity index (χ3n) is 4.58. The molecule has 0 saturated heterocycles. The number of aromatic nitrogens is 2. The SMILES string of the molecule is CCCCCOc1ccc(C(=O)Nc2nnc([C@H]3COc4ccccc4O3)o2)cc1. The van der Waals surface area contributed by atoms with E-state index in [-0.39, 0.29) is 24.4 Å². The highest BCUT2D eigenvalue weighted by Crippen LogP contribution is 2.35. The smallest absolute Gasteiger partial charge is 0.322 e. The Balaban J connectivity index is 1.33. The van der Waals surface area contributed by atoms with E-state index >= 15 is 0 Å². The molecule has 1 aliphatic rings. The van der Waals surface area contributed by atoms with E-state index < -0.39 is 6.10 Å². The van der Waals surface area contributed by atoms with E-state index in [0.29, 0.717) is 23.7 Å². The van der Waals surface area contributed by atoms with Crippen LogP contribution in [0.1, 0.15) is 48.5 Å². The molecule has 0 saturated carbocycles. The molecule has 0 spiro atoms. The Hall–Kier alpha value is -3.55. The first-order chi connectivity index (χ1) is 14.7. The summed E-state index contributed by atoms with van der Waals surface area (Å²) in [5.41, 5.74) is 0.460. The molecular weight excluding hydrogens is 386 g/mol. The summed E-state index contributed by atoms with van der Waals surface area (Å²) >= 11 is 0. The van der Waals surface area contributed by atoms with Gasteiger partial charge in [-0.25, -0.2) is 0 Å². The molecule has 1 N–H and O–H groups in total. The number of anilines is 1. The highest BCUT2D eigenvalue weighted by molar-refractivity contribution is 6.03. The minimum Gasteiger partial charge on any atom is -0.494 e. The largest absolute Gasteiger partial charge is 0.494 e. The Morgan fingerprint density at radius 1 is 1.10 bits per heavy atom. The van der Waals surface area contributed by atoms with Gasteiger partial charge in [0.05, 0.1) is 6.61 Å². The van der Waals surface area contributed by atoms with Gasteiger partial charge in [0.2, 0.25) is 6.10 Å². The van der Waals surface area contributed by atoms with Crippen LogP contribution in [0.25, 0.3) is 0 Å². The Morgan fingerprint density at radius 2 is 1.90 bits per heavy atom. The fourth-order valence-corrected chi connectivity index (χ4v) is 2.97. The van der Waals surface area contributed by atoms with Crippen molar-refractivity contribution in [1.82, 2.24) is 10.2 Å². The number of nitrogens with one attached hydrogen (secondary N) is 1. The molecule has 1 atom stereocenters. The van der Waals surface area contributed by atoms with E-state index in [9.17, 15) is 4.79 Å². The molecule has 3 aromatic rings. The number of carbonyl (C=O) groups excluding carboxylic acids is 1. The number of fused-ring (bicyclic) bond motifs is 1. The molecule has 156 valence electrons. The molecule has 1 amide bonds. The van der Waals surface area contributed by atoms with E-state index in [1.165, 1.54) is 0 Å². The third kappa shape index (κ3) is 4.71. The average Bonchev–Trinajstić information content (AvgIpc) is 3.25. The summed E-state index contributed by atoms with van der Waals surface area (Å²) in [5, 5.41) is 10.4. The molecule has 0 unspecified atom stereocenters. The number of benzene rings is 2. The van der Waals surface area contributed by atoms with Crippen LogP contribution in [-0.4, -0.2) is 29.3 Å². The van der Waals surface area contributed by atoms with Crippen LogP contribution in [0.2, 0.25) is 0 Å². The maximum Gasteiger partial charge on any atom is 0.322 e. The molecule has 2 aromatic carbocycles. The molecule has 8 nitrogen and oxygen atoms in total. The van der Waals surface area contributed by atoms with Gasteiger partial charge in [-0.15, -0.1) is 5.10 Å². The molecule has 8 heteroatoms. The van der Waals surface area contributed by atoms with Gasteiger partial charge in [-0.1, -0.05) is 37.0 Å². The summed E-state index contributed by atoms with van der Waals surface area (Å²) in [5.74, 6) is 1.89. The fourth-order valence-electron chi connectivity index (χ4n) is 2.97. The van der Waals surface area contributed by atoms with Gasteiger partial charge in [0.1, 0.15) is 12.4 Å². The van der Waals surface area contributed by atoms with Crippen molar-refractivity contribution in [2.45, 2.75) is 32.3 Å². The molecule has 0 radical (unpaired) electrons. The lowest BCUT2D eigenvalue weighted by Gasteiger charge is -2.23. The van der Waals surface area contributed by atoms with Gasteiger partial charge in [-0.05, 0) is 42.8 Å². The van der Waals surface area contributed by atoms with Crippen LogP contribution in [0.5, 0.6) is 17.2 Å². The summed E-state index contributed by atoms with van der Waals surface area (Å²) < 4.78 is 22.7. The number of hydrogen-bond acceptors (Lipinski definition) is 7. The first-order valence-corrected chi connectivity index (χ1v) is 9.99. The van der Waals surface area contributed by atoms with Crippen molar-refractivity contribution in [3.05, 3.63) is 60.0 Å². The summed E-state index contributed by atoms with van der Waals surface area (Å²) in [6.45, 7) is 3.06. The fraction of sp³-hybridized carbons (Fsp3) is 0.318. The minimum atomic E-state index is -0.540. The predicted molar refractivity (Wildman–Crippen MR) is 109 cm³/mol. The summed E-state index contributed by atoms with van der Waals surface area (Å²) in [6.07, 6.45) is 2.76. The van der Waals surface area contributed by atoms with Gasteiger partial charge in [-0.2, -0.15) is 0 Å². The van der Waals surface area contributed by atoms with Gasteiger partial charge in [0, 0.05) is 5.56 Å². The second kappa shape index (κ2) is 9.30. The van der Waals surface area contributed by atoms with Crippen LogP contribution in [-0.2, 0) is 0 Å². The highest BCUT2D eigenvalue weighted by atomic mass is 16.6. The van der Waals surface area contributed by atoms with Crippen LogP contribution >= 0.6 is 0 Å². The highest BCUT2D eigenvalue weighted by Gasteiger charge is 2.27. The van der Waals surface area contributed by atoms with Crippen molar-refractivity contribution >= 4 is 11.9 Å². The van der Waals surface area contributed by atoms with Crippen molar-refractivity contribution in [1.29, 1.82) is 0 Å². The van der Waals surface area contributed by atoms with Gasteiger partial charge >= 0.3 is 6.01 Å². The zero-order valence-electron chi connectivity index (χ0n) is 16.7. The molecule has 4 rings (SSSR count). The van der Waals surface area contributed by atoms with Gasteiger partial charge in [-0.3, -0.25) is 10.1 Å². The van der Waals surface area contributed by atoms with E-state index in [4.69, 9.17) is 18.6 Å². The first-order valence-electron chi connectivity index (χ1n) is 9.99. The molecule has 1 aliphatic heterocycles. The van der Waals surface area contributed by atoms with Gasteiger partial charge in [0.15, 0.2) is 11.5 Å². The van der Waals surface area contributed by atoms with Crippen molar-refractivity contribution < 1.29 is 23.4 Å². The molecule has 30 heavy (non-hydrogen) atoms. The maximum atomic E-state index is 12.4. The van der Waals surface area contributed by atoms with Crippen LogP contribution in [0, 0.1) is 0 Å². The summed E-state index contributed by atoms with van der Waals surface area (Å²) in [6, 6.07) is 14.3. The molecule has 0 aliphatic carbocycles. The lowest BCUT2D eigenvalue weighted by atomic mass is 10.2. The zero-order valence-corrected chi connectivity index (χ0v) is 16.7. The number of amides is 1. The van der Waals surface area contributed by atoms with Crippen LogP contribution < -0.4 is 19.5 Å². The standard InChI is InChI=1S/C22H23N3O5/c1-2-3-6-13-27-16-11-9-15(10-12-16)20(26)23-22-25-24-21(30-22)19-14-28-17-7-4-5-8-18(17)29-19/h4-5,7-12,19H,2-3,6,13-14H2,1H3,(H,23,25,26)/t19-/m1/s1. The Labute approximate surface area is 174 Å². The molecular formula is C22H23N3O5. The van der Waals surface area contributed by atoms with Crippen molar-refractivity contribution in [3.63, 3.8) is 0 Å². The second-order valence-corrected chi connectivity index (χ2v) is 6.84. The molecule has 0 bridgehead atoms. The number of rotatable bonds is 8. The van der Waals surface area contributed by atoms with Gasteiger partial charge < -0.3 is 18.6 Å². The number of ether oxygens (including phenoxy) is 3. The number of nitrogens with zero attached hydrogens (tertiary/aromatic N) is 2. The summed E-state index contributed by atoms with van der Waals surface area (Å²) in [4.78, 5) is 12.4. The van der Waals surface area contributed by atoms with Crippen LogP contribution in [0.3, 0.4) is 0 Å². The van der Waals surface area contributed by atoms with Crippen molar-refractivity contribution in [3.8, 4) is 17.2 Å². The second-order valence-electron chi connectivity index (χ2n) is 6.84. The van der Waals surface area contributed by atoms with E-state index in [0.717, 1.165) is 25.0 Å². The first kappa shape index (κ1) is 19.8. The third-order valence-corrected chi connectivity index (χ3v) is 4.58. The topological polar surface area (TPSA) is 95.7 Å². The van der Waals surface area contributed by atoms with Crippen LogP contribution in [0.15, 0.2) is 52.9 Å². The normalized spacial score (nSPS) is 14.9. The molecule has 0 fully saturated rings. The number of hydrogen-bond donors (Lipinski definition) is 1. The number of unbranched alkanes of at least 4 members (excludes halogenated alkanes) is 2. The average molecular weight is 409 g/mol. The Bertz CT molecular complexity index is 986. The lowest BCUT2D eigenvalue weighted by molar-refractivity contribution is 0.0716. The van der Waals surface area contributed by atoms with Gasteiger partial charge in [0.25, 0.3) is 11.8 Å². The van der Waals surface area contributed by atoms with E-state index in [1.54, 1.807) is 30.3 Å². The monoisotopic (exact) mass is 409 g/mol. The number of para-hydroxylation sites is 2. The quantitative estimate of drug-likeness (QED) is 0.551.